The Morgan fingerprint density at radius 2 is 1.50 bits per heavy atom. The first kappa shape index (κ1) is 7.88. The molecule has 0 spiro atoms. The summed E-state index contributed by atoms with van der Waals surface area (Å²) in [4.78, 5) is 3.14. The van der Waals surface area contributed by atoms with Crippen molar-refractivity contribution in [3.8, 4) is 0 Å². The van der Waals surface area contributed by atoms with E-state index in [0.717, 1.165) is 0 Å². The van der Waals surface area contributed by atoms with Crippen molar-refractivity contribution in [1.82, 2.24) is 4.98 Å². The van der Waals surface area contributed by atoms with Gasteiger partial charge in [-0.25, -0.2) is 0 Å². The van der Waals surface area contributed by atoms with Crippen LogP contribution in [0.5, 0.6) is 0 Å². The molecule has 0 amide bonds. The zero-order valence-electron chi connectivity index (χ0n) is 4.65. The van der Waals surface area contributed by atoms with E-state index in [2.05, 4.69) is 17.1 Å². The zero-order valence-corrected chi connectivity index (χ0v) is 4.65. The van der Waals surface area contributed by atoms with Gasteiger partial charge >= 0.3 is 18.9 Å². The molecule has 8 heavy (non-hydrogen) atoms. The second-order valence-corrected chi connectivity index (χ2v) is 1.82. The van der Waals surface area contributed by atoms with Crippen molar-refractivity contribution in [3.05, 3.63) is 23.5 Å². The van der Waals surface area contributed by atoms with E-state index in [1.54, 1.807) is 0 Å². The topological polar surface area (TPSA) is 15.8 Å². The number of aryl methyl sites for hydroxylation is 2. The Labute approximate surface area is 61.7 Å². The van der Waals surface area contributed by atoms with Gasteiger partial charge in [-0.05, 0) is 26.0 Å². The summed E-state index contributed by atoms with van der Waals surface area (Å²) < 4.78 is 0. The van der Waals surface area contributed by atoms with Gasteiger partial charge in [0.05, 0.1) is 0 Å². The molecule has 0 radical (unpaired) electrons. The summed E-state index contributed by atoms with van der Waals surface area (Å²) in [6.45, 7) is 4.10. The van der Waals surface area contributed by atoms with E-state index < -0.39 is 0 Å². The molecule has 40 valence electrons. The maximum absolute atomic E-state index is 3.14. The number of aromatic nitrogens is 1. The fraction of sp³-hybridized carbons (Fsp3) is 0.333. The second-order valence-electron chi connectivity index (χ2n) is 1.82. The Hall–Kier alpha value is -0.123. The number of hydrogen-bond donors (Lipinski definition) is 1. The molecule has 0 saturated carbocycles. The van der Waals surface area contributed by atoms with Gasteiger partial charge in [-0.2, -0.15) is 0 Å². The van der Waals surface area contributed by atoms with Gasteiger partial charge in [-0.3, -0.25) is 0 Å². The van der Waals surface area contributed by atoms with Crippen LogP contribution in [0.1, 0.15) is 11.4 Å². The van der Waals surface area contributed by atoms with Crippen LogP contribution in [0.25, 0.3) is 0 Å². The van der Waals surface area contributed by atoms with Crippen LogP contribution in [-0.4, -0.2) is 23.8 Å². The molecular formula is C6H10LiN. The molecule has 0 aliphatic carbocycles. The summed E-state index contributed by atoms with van der Waals surface area (Å²) in [5, 5.41) is 0. The first-order valence-corrected chi connectivity index (χ1v) is 2.41. The van der Waals surface area contributed by atoms with Crippen LogP contribution in [-0.2, 0) is 0 Å². The third-order valence-electron chi connectivity index (χ3n) is 0.978. The Bertz CT molecular complexity index is 141. The van der Waals surface area contributed by atoms with Gasteiger partial charge in [0.1, 0.15) is 0 Å². The molecule has 1 aromatic heterocycles. The number of aromatic amines is 1. The molecule has 0 saturated heterocycles. The molecular weight excluding hydrogens is 93.0 g/mol. The van der Waals surface area contributed by atoms with Crippen molar-refractivity contribution in [3.63, 3.8) is 0 Å². The normalized spacial score (nSPS) is 8.25. The predicted molar refractivity (Wildman–Crippen MR) is 37.4 cm³/mol. The van der Waals surface area contributed by atoms with Crippen molar-refractivity contribution >= 4 is 18.9 Å². The van der Waals surface area contributed by atoms with Crippen molar-refractivity contribution in [2.45, 2.75) is 13.8 Å². The summed E-state index contributed by atoms with van der Waals surface area (Å²) >= 11 is 0. The van der Waals surface area contributed by atoms with E-state index in [4.69, 9.17) is 0 Å². The monoisotopic (exact) mass is 103 g/mol. The van der Waals surface area contributed by atoms with E-state index >= 15 is 0 Å². The first-order chi connectivity index (χ1) is 3.29. The van der Waals surface area contributed by atoms with E-state index in [1.165, 1.54) is 11.4 Å². The molecule has 1 rings (SSSR count). The van der Waals surface area contributed by atoms with Crippen molar-refractivity contribution in [1.29, 1.82) is 0 Å². The Balaban J connectivity index is 0.000000490. The van der Waals surface area contributed by atoms with Crippen LogP contribution < -0.4 is 0 Å². The average Bonchev–Trinajstić information content (AvgIpc) is 1.87. The molecule has 0 aliphatic rings. The van der Waals surface area contributed by atoms with Crippen LogP contribution >= 0.6 is 0 Å². The van der Waals surface area contributed by atoms with E-state index in [1.807, 2.05) is 13.8 Å². The number of H-pyrrole nitrogens is 1. The molecule has 0 aliphatic heterocycles. The summed E-state index contributed by atoms with van der Waals surface area (Å²) in [6, 6.07) is 4.13. The average molecular weight is 103 g/mol. The quantitative estimate of drug-likeness (QED) is 0.471. The van der Waals surface area contributed by atoms with Gasteiger partial charge in [-0.15, -0.1) is 0 Å². The Morgan fingerprint density at radius 3 is 1.62 bits per heavy atom. The van der Waals surface area contributed by atoms with Crippen LogP contribution in [0.3, 0.4) is 0 Å². The number of hydrogen-bond acceptors (Lipinski definition) is 0. The fourth-order valence-electron chi connectivity index (χ4n) is 0.644. The summed E-state index contributed by atoms with van der Waals surface area (Å²) in [5.41, 5.74) is 2.47. The summed E-state index contributed by atoms with van der Waals surface area (Å²) in [7, 11) is 0. The minimum atomic E-state index is 0. The summed E-state index contributed by atoms with van der Waals surface area (Å²) in [6.07, 6.45) is 0. The van der Waals surface area contributed by atoms with Gasteiger partial charge in [0.15, 0.2) is 0 Å². The maximum atomic E-state index is 3.14. The van der Waals surface area contributed by atoms with Crippen molar-refractivity contribution < 1.29 is 0 Å². The van der Waals surface area contributed by atoms with E-state index in [9.17, 15) is 0 Å². The van der Waals surface area contributed by atoms with Crippen LogP contribution in [0.15, 0.2) is 12.1 Å². The second kappa shape index (κ2) is 3.01. The fourth-order valence-corrected chi connectivity index (χ4v) is 0.644. The SMILES string of the molecule is Cc1ccc(C)[nH]1.[LiH]. The van der Waals surface area contributed by atoms with Gasteiger partial charge < -0.3 is 4.98 Å². The van der Waals surface area contributed by atoms with Gasteiger partial charge in [-0.1, -0.05) is 0 Å². The third-order valence-corrected chi connectivity index (χ3v) is 0.978. The van der Waals surface area contributed by atoms with E-state index in [0.29, 0.717) is 0 Å². The van der Waals surface area contributed by atoms with Gasteiger partial charge in [0.2, 0.25) is 0 Å². The molecule has 0 unspecified atom stereocenters. The third kappa shape index (κ3) is 1.77. The number of nitrogens with one attached hydrogen (secondary N) is 1. The Kier molecular flexibility index (Phi) is 2.97. The molecule has 0 bridgehead atoms. The zero-order chi connectivity index (χ0) is 5.28. The van der Waals surface area contributed by atoms with Crippen LogP contribution in [0.4, 0.5) is 0 Å². The number of rotatable bonds is 0. The molecule has 0 atom stereocenters. The van der Waals surface area contributed by atoms with Crippen molar-refractivity contribution in [2.24, 2.45) is 0 Å². The standard InChI is InChI=1S/C6H9N.Li.H/c1-5-3-4-6(2)7-5;;/h3-4,7H,1-2H3;;. The van der Waals surface area contributed by atoms with Crippen molar-refractivity contribution in [2.75, 3.05) is 0 Å². The molecule has 1 nitrogen and oxygen atoms in total. The Morgan fingerprint density at radius 1 is 1.12 bits per heavy atom. The van der Waals surface area contributed by atoms with Gasteiger partial charge in [0, 0.05) is 11.4 Å². The van der Waals surface area contributed by atoms with Gasteiger partial charge in [0.25, 0.3) is 0 Å². The first-order valence-electron chi connectivity index (χ1n) is 2.41. The predicted octanol–water partition coefficient (Wildman–Crippen LogP) is 0.983. The molecule has 2 heteroatoms. The molecule has 1 heterocycles. The van der Waals surface area contributed by atoms with Crippen LogP contribution in [0.2, 0.25) is 0 Å². The molecule has 1 N–H and O–H groups in total. The van der Waals surface area contributed by atoms with Crippen LogP contribution in [0, 0.1) is 13.8 Å². The molecule has 0 fully saturated rings. The van der Waals surface area contributed by atoms with E-state index in [-0.39, 0.29) is 18.9 Å². The minimum absolute atomic E-state index is 0. The summed E-state index contributed by atoms with van der Waals surface area (Å²) in [5.74, 6) is 0. The molecule has 1 aromatic rings. The molecule has 0 aromatic carbocycles.